The summed E-state index contributed by atoms with van der Waals surface area (Å²) in [5, 5.41) is 18.9. The minimum Gasteiger partial charge on any atom is -0.506 e. The molecule has 0 unspecified atom stereocenters. The number of hydrogen-bond acceptors (Lipinski definition) is 4. The Labute approximate surface area is 95.7 Å². The number of carboxylic acids is 1. The van der Waals surface area contributed by atoms with E-state index in [0.29, 0.717) is 5.39 Å². The summed E-state index contributed by atoms with van der Waals surface area (Å²) in [5.74, 6) is -1.86. The predicted molar refractivity (Wildman–Crippen MR) is 60.3 cm³/mol. The summed E-state index contributed by atoms with van der Waals surface area (Å²) < 4.78 is 0. The molecule has 0 radical (unpaired) electrons. The summed E-state index contributed by atoms with van der Waals surface area (Å²) in [6.07, 6.45) is 0. The first kappa shape index (κ1) is 11.2. The number of nitrogens with two attached hydrogens (primary N) is 1. The van der Waals surface area contributed by atoms with Gasteiger partial charge >= 0.3 is 5.97 Å². The van der Waals surface area contributed by atoms with Gasteiger partial charge in [0.2, 0.25) is 0 Å². The summed E-state index contributed by atoms with van der Waals surface area (Å²) in [6.45, 7) is -0.289. The van der Waals surface area contributed by atoms with Gasteiger partial charge in [0, 0.05) is 5.39 Å². The molecule has 6 heteroatoms. The van der Waals surface area contributed by atoms with Crippen molar-refractivity contribution in [2.75, 3.05) is 6.54 Å². The second-order valence-electron chi connectivity index (χ2n) is 3.51. The van der Waals surface area contributed by atoms with Crippen LogP contribution in [0.4, 0.5) is 0 Å². The number of carbonyl (C=O) groups is 2. The van der Waals surface area contributed by atoms with Crippen molar-refractivity contribution >= 4 is 22.7 Å². The number of nitrogens with one attached hydrogen (secondary N) is 1. The van der Waals surface area contributed by atoms with Crippen molar-refractivity contribution in [3.05, 3.63) is 29.5 Å². The Morgan fingerprint density at radius 1 is 1.35 bits per heavy atom. The van der Waals surface area contributed by atoms with Gasteiger partial charge in [0.1, 0.15) is 11.4 Å². The molecule has 0 aliphatic rings. The molecule has 0 spiro atoms. The number of aromatic carboxylic acids is 1. The van der Waals surface area contributed by atoms with Crippen LogP contribution >= 0.6 is 0 Å². The molecule has 0 aliphatic heterocycles. The van der Waals surface area contributed by atoms with E-state index in [4.69, 9.17) is 10.8 Å². The Hall–Kier alpha value is -2.34. The fraction of sp³-hybridized carbons (Fsp3) is 0.0909. The number of phenols is 1. The van der Waals surface area contributed by atoms with Crippen molar-refractivity contribution < 1.29 is 19.8 Å². The maximum atomic E-state index is 11.6. The SMILES string of the molecule is NCC(=O)c1c(C(=O)O)[nH]c2c(O)cccc12. The highest BCUT2D eigenvalue weighted by atomic mass is 16.4. The molecule has 6 nitrogen and oxygen atoms in total. The summed E-state index contributed by atoms with van der Waals surface area (Å²) in [4.78, 5) is 25.2. The molecule has 1 aromatic carbocycles. The van der Waals surface area contributed by atoms with Crippen LogP contribution in [-0.4, -0.2) is 33.5 Å². The van der Waals surface area contributed by atoms with Crippen LogP contribution in [0.5, 0.6) is 5.75 Å². The average molecular weight is 234 g/mol. The van der Waals surface area contributed by atoms with Crippen LogP contribution in [0, 0.1) is 0 Å². The smallest absolute Gasteiger partial charge is 0.353 e. The molecule has 0 atom stereocenters. The highest BCUT2D eigenvalue weighted by Gasteiger charge is 2.22. The molecule has 0 saturated carbocycles. The van der Waals surface area contributed by atoms with E-state index in [9.17, 15) is 14.7 Å². The van der Waals surface area contributed by atoms with Gasteiger partial charge < -0.3 is 20.9 Å². The minimum atomic E-state index is -1.27. The molecular formula is C11H10N2O4. The zero-order chi connectivity index (χ0) is 12.6. The van der Waals surface area contributed by atoms with Gasteiger partial charge in [0.05, 0.1) is 17.6 Å². The van der Waals surface area contributed by atoms with Crippen molar-refractivity contribution in [3.8, 4) is 5.75 Å². The quantitative estimate of drug-likeness (QED) is 0.583. The first-order valence-corrected chi connectivity index (χ1v) is 4.86. The maximum Gasteiger partial charge on any atom is 0.353 e. The van der Waals surface area contributed by atoms with Crippen molar-refractivity contribution in [1.82, 2.24) is 4.98 Å². The Kier molecular flexibility index (Phi) is 2.57. The number of carboxylic acid groups (broad SMARTS) is 1. The van der Waals surface area contributed by atoms with E-state index in [2.05, 4.69) is 4.98 Å². The number of para-hydroxylation sites is 1. The summed E-state index contributed by atoms with van der Waals surface area (Å²) in [6, 6.07) is 4.49. The number of Topliss-reactive ketones (excluding diaryl/α,β-unsaturated/α-hetero) is 1. The molecule has 1 aromatic heterocycles. The van der Waals surface area contributed by atoms with Crippen LogP contribution in [0.25, 0.3) is 10.9 Å². The number of ketones is 1. The first-order valence-electron chi connectivity index (χ1n) is 4.86. The van der Waals surface area contributed by atoms with Crippen molar-refractivity contribution in [3.63, 3.8) is 0 Å². The lowest BCUT2D eigenvalue weighted by Gasteiger charge is -1.98. The van der Waals surface area contributed by atoms with Gasteiger partial charge in [-0.15, -0.1) is 0 Å². The number of carbonyl (C=O) groups excluding carboxylic acids is 1. The zero-order valence-corrected chi connectivity index (χ0v) is 8.73. The van der Waals surface area contributed by atoms with Crippen molar-refractivity contribution in [2.45, 2.75) is 0 Å². The summed E-state index contributed by atoms with van der Waals surface area (Å²) >= 11 is 0. The average Bonchev–Trinajstić information content (AvgIpc) is 2.69. The molecule has 0 aliphatic carbocycles. The van der Waals surface area contributed by atoms with E-state index >= 15 is 0 Å². The number of fused-ring (bicyclic) bond motifs is 1. The Morgan fingerprint density at radius 2 is 2.06 bits per heavy atom. The number of H-pyrrole nitrogens is 1. The lowest BCUT2D eigenvalue weighted by molar-refractivity contribution is 0.0687. The topological polar surface area (TPSA) is 116 Å². The number of aromatic nitrogens is 1. The molecule has 2 rings (SSSR count). The Bertz CT molecular complexity index is 615. The monoisotopic (exact) mass is 234 g/mol. The molecule has 17 heavy (non-hydrogen) atoms. The molecular weight excluding hydrogens is 224 g/mol. The van der Waals surface area contributed by atoms with Crippen LogP contribution in [0.1, 0.15) is 20.8 Å². The van der Waals surface area contributed by atoms with E-state index in [1.165, 1.54) is 12.1 Å². The number of rotatable bonds is 3. The van der Waals surface area contributed by atoms with Gasteiger partial charge in [0.15, 0.2) is 5.78 Å². The fourth-order valence-electron chi connectivity index (χ4n) is 1.75. The second kappa shape index (κ2) is 3.91. The molecule has 0 bridgehead atoms. The van der Waals surface area contributed by atoms with Gasteiger partial charge in [-0.25, -0.2) is 4.79 Å². The zero-order valence-electron chi connectivity index (χ0n) is 8.73. The summed E-state index contributed by atoms with van der Waals surface area (Å²) in [5.41, 5.74) is 5.22. The van der Waals surface area contributed by atoms with E-state index in [1.54, 1.807) is 6.07 Å². The number of phenolic OH excluding ortho intramolecular Hbond substituents is 1. The van der Waals surface area contributed by atoms with Crippen LogP contribution in [-0.2, 0) is 0 Å². The Balaban J connectivity index is 2.85. The number of benzene rings is 1. The van der Waals surface area contributed by atoms with Crippen LogP contribution in [0.2, 0.25) is 0 Å². The van der Waals surface area contributed by atoms with Gasteiger partial charge in [-0.2, -0.15) is 0 Å². The molecule has 88 valence electrons. The lowest BCUT2D eigenvalue weighted by atomic mass is 10.1. The van der Waals surface area contributed by atoms with Gasteiger partial charge in [-0.05, 0) is 6.07 Å². The van der Waals surface area contributed by atoms with Crippen LogP contribution < -0.4 is 5.73 Å². The van der Waals surface area contributed by atoms with Crippen molar-refractivity contribution in [2.24, 2.45) is 5.73 Å². The maximum absolute atomic E-state index is 11.6. The number of hydrogen-bond donors (Lipinski definition) is 4. The third-order valence-electron chi connectivity index (χ3n) is 2.49. The number of aromatic hydroxyl groups is 1. The van der Waals surface area contributed by atoms with Gasteiger partial charge in [0.25, 0.3) is 0 Å². The van der Waals surface area contributed by atoms with E-state index in [1.807, 2.05) is 0 Å². The third kappa shape index (κ3) is 1.64. The lowest BCUT2D eigenvalue weighted by Crippen LogP contribution is -2.16. The normalized spacial score (nSPS) is 10.6. The highest BCUT2D eigenvalue weighted by Crippen LogP contribution is 2.29. The highest BCUT2D eigenvalue weighted by molar-refractivity contribution is 6.16. The fourth-order valence-corrected chi connectivity index (χ4v) is 1.75. The van der Waals surface area contributed by atoms with E-state index < -0.39 is 11.8 Å². The third-order valence-corrected chi connectivity index (χ3v) is 2.49. The van der Waals surface area contributed by atoms with E-state index in [-0.39, 0.29) is 29.1 Å². The molecule has 0 amide bonds. The molecule has 1 heterocycles. The molecule has 5 N–H and O–H groups in total. The second-order valence-corrected chi connectivity index (χ2v) is 3.51. The Morgan fingerprint density at radius 3 is 2.65 bits per heavy atom. The molecule has 0 saturated heterocycles. The minimum absolute atomic E-state index is 0.00546. The van der Waals surface area contributed by atoms with Crippen LogP contribution in [0.3, 0.4) is 0 Å². The standard InChI is InChI=1S/C11H10N2O4/c12-4-7(15)8-5-2-1-3-6(14)9(5)13-10(8)11(16)17/h1-3,13-14H,4,12H2,(H,16,17). The van der Waals surface area contributed by atoms with Gasteiger partial charge in [-0.1, -0.05) is 12.1 Å². The first-order chi connectivity index (χ1) is 8.06. The van der Waals surface area contributed by atoms with E-state index in [0.717, 1.165) is 0 Å². The van der Waals surface area contributed by atoms with Gasteiger partial charge in [-0.3, -0.25) is 4.79 Å². The molecule has 0 fully saturated rings. The largest absolute Gasteiger partial charge is 0.506 e. The molecule has 2 aromatic rings. The van der Waals surface area contributed by atoms with Crippen molar-refractivity contribution in [1.29, 1.82) is 0 Å². The van der Waals surface area contributed by atoms with Crippen LogP contribution in [0.15, 0.2) is 18.2 Å². The predicted octanol–water partition coefficient (Wildman–Crippen LogP) is 0.713. The number of aromatic amines is 1. The summed E-state index contributed by atoms with van der Waals surface area (Å²) in [7, 11) is 0.